The van der Waals surface area contributed by atoms with Gasteiger partial charge in [0.2, 0.25) is 0 Å². The van der Waals surface area contributed by atoms with E-state index in [1.165, 1.54) is 0 Å². The molecule has 0 spiro atoms. The quantitative estimate of drug-likeness (QED) is 0.746. The fourth-order valence-corrected chi connectivity index (χ4v) is 0.972. The minimum absolute atomic E-state index is 0.213. The Labute approximate surface area is 93.9 Å². The van der Waals surface area contributed by atoms with Crippen LogP contribution in [0.1, 0.15) is 24.2 Å². The van der Waals surface area contributed by atoms with Crippen molar-refractivity contribution in [1.82, 2.24) is 10.3 Å². The summed E-state index contributed by atoms with van der Waals surface area (Å²) in [4.78, 5) is 15.8. The fraction of sp³-hybridized carbons (Fsp3) is 0.300. The zero-order chi connectivity index (χ0) is 11.5. The molecule has 80 valence electrons. The molecule has 0 aromatic carbocycles. The smallest absolute Gasteiger partial charge is 0.252 e. The summed E-state index contributed by atoms with van der Waals surface area (Å²) in [6, 6.07) is 3.26. The third-order valence-electron chi connectivity index (χ3n) is 1.98. The van der Waals surface area contributed by atoms with E-state index in [0.717, 1.165) is 0 Å². The van der Waals surface area contributed by atoms with Crippen LogP contribution in [0.2, 0.25) is 0 Å². The van der Waals surface area contributed by atoms with Crippen LogP contribution < -0.4 is 11.1 Å². The van der Waals surface area contributed by atoms with Gasteiger partial charge in [0.15, 0.2) is 0 Å². The molecule has 0 aliphatic carbocycles. The molecule has 0 aliphatic heterocycles. The van der Waals surface area contributed by atoms with E-state index in [0.29, 0.717) is 5.56 Å². The molecule has 0 atom stereocenters. The SMILES string of the molecule is CC(C)(NC(=O)c1ccncc1)C(N)=S. The van der Waals surface area contributed by atoms with Gasteiger partial charge in [-0.1, -0.05) is 12.2 Å². The number of carbonyl (C=O) groups is 1. The number of thiocarbonyl (C=S) groups is 1. The van der Waals surface area contributed by atoms with Gasteiger partial charge in [0.1, 0.15) is 0 Å². The number of rotatable bonds is 3. The summed E-state index contributed by atoms with van der Waals surface area (Å²) in [5.41, 5.74) is 5.35. The molecule has 0 radical (unpaired) electrons. The first-order valence-electron chi connectivity index (χ1n) is 4.46. The molecule has 0 saturated carbocycles. The lowest BCUT2D eigenvalue weighted by Crippen LogP contribution is -2.52. The monoisotopic (exact) mass is 223 g/mol. The predicted molar refractivity (Wildman–Crippen MR) is 62.6 cm³/mol. The fourth-order valence-electron chi connectivity index (χ4n) is 0.921. The maximum Gasteiger partial charge on any atom is 0.252 e. The first-order chi connectivity index (χ1) is 6.93. The van der Waals surface area contributed by atoms with Crippen LogP contribution in [0.3, 0.4) is 0 Å². The molecule has 0 saturated heterocycles. The van der Waals surface area contributed by atoms with Crippen molar-refractivity contribution in [2.45, 2.75) is 19.4 Å². The molecular weight excluding hydrogens is 210 g/mol. The zero-order valence-corrected chi connectivity index (χ0v) is 9.47. The van der Waals surface area contributed by atoms with Crippen molar-refractivity contribution in [3.05, 3.63) is 30.1 Å². The topological polar surface area (TPSA) is 68.0 Å². The van der Waals surface area contributed by atoms with Crippen LogP contribution in [0.5, 0.6) is 0 Å². The van der Waals surface area contributed by atoms with Gasteiger partial charge in [-0.3, -0.25) is 9.78 Å². The van der Waals surface area contributed by atoms with Crippen LogP contribution in [0, 0.1) is 0 Å². The van der Waals surface area contributed by atoms with Gasteiger partial charge < -0.3 is 11.1 Å². The summed E-state index contributed by atoms with van der Waals surface area (Å²) >= 11 is 4.85. The van der Waals surface area contributed by atoms with E-state index in [-0.39, 0.29) is 10.9 Å². The standard InChI is InChI=1S/C10H13N3OS/c1-10(2,9(11)15)13-8(14)7-3-5-12-6-4-7/h3-6H,1-2H3,(H2,11,15)(H,13,14). The van der Waals surface area contributed by atoms with Gasteiger partial charge >= 0.3 is 0 Å². The lowest BCUT2D eigenvalue weighted by atomic mass is 10.1. The van der Waals surface area contributed by atoms with Gasteiger partial charge in [-0.2, -0.15) is 0 Å². The highest BCUT2D eigenvalue weighted by molar-refractivity contribution is 7.80. The van der Waals surface area contributed by atoms with Crippen molar-refractivity contribution in [2.75, 3.05) is 0 Å². The number of carbonyl (C=O) groups excluding carboxylic acids is 1. The largest absolute Gasteiger partial charge is 0.391 e. The van der Waals surface area contributed by atoms with Gasteiger partial charge in [0.05, 0.1) is 10.5 Å². The summed E-state index contributed by atoms with van der Waals surface area (Å²) in [5, 5.41) is 2.74. The highest BCUT2D eigenvalue weighted by Crippen LogP contribution is 2.05. The first-order valence-corrected chi connectivity index (χ1v) is 4.87. The number of hydrogen-bond acceptors (Lipinski definition) is 3. The Balaban J connectivity index is 2.77. The van der Waals surface area contributed by atoms with Crippen molar-refractivity contribution < 1.29 is 4.79 Å². The molecule has 0 fully saturated rings. The molecule has 0 unspecified atom stereocenters. The van der Waals surface area contributed by atoms with Gasteiger partial charge in [-0.05, 0) is 26.0 Å². The minimum atomic E-state index is -0.685. The average molecular weight is 223 g/mol. The number of hydrogen-bond donors (Lipinski definition) is 2. The van der Waals surface area contributed by atoms with Crippen molar-refractivity contribution in [3.63, 3.8) is 0 Å². The molecular formula is C10H13N3OS. The van der Waals surface area contributed by atoms with E-state index in [1.54, 1.807) is 38.4 Å². The number of nitrogens with one attached hydrogen (secondary N) is 1. The van der Waals surface area contributed by atoms with E-state index in [9.17, 15) is 4.79 Å². The number of nitrogens with two attached hydrogens (primary N) is 1. The van der Waals surface area contributed by atoms with E-state index in [4.69, 9.17) is 18.0 Å². The third-order valence-corrected chi connectivity index (χ3v) is 2.49. The summed E-state index contributed by atoms with van der Waals surface area (Å²) in [7, 11) is 0. The van der Waals surface area contributed by atoms with Crippen LogP contribution in [0.15, 0.2) is 24.5 Å². The summed E-state index contributed by atoms with van der Waals surface area (Å²) in [6.07, 6.45) is 3.12. The molecule has 1 aromatic heterocycles. The predicted octanol–water partition coefficient (Wildman–Crippen LogP) is 0.876. The molecule has 4 nitrogen and oxygen atoms in total. The van der Waals surface area contributed by atoms with E-state index in [2.05, 4.69) is 10.3 Å². The second-order valence-corrected chi connectivity index (χ2v) is 4.12. The number of nitrogens with zero attached hydrogens (tertiary/aromatic N) is 1. The summed E-state index contributed by atoms with van der Waals surface area (Å²) in [6.45, 7) is 3.52. The lowest BCUT2D eigenvalue weighted by molar-refractivity contribution is 0.0932. The number of pyridine rings is 1. The van der Waals surface area contributed by atoms with E-state index >= 15 is 0 Å². The average Bonchev–Trinajstić information content (AvgIpc) is 2.18. The highest BCUT2D eigenvalue weighted by Gasteiger charge is 2.23. The number of aromatic nitrogens is 1. The molecule has 1 heterocycles. The maximum absolute atomic E-state index is 11.7. The van der Waals surface area contributed by atoms with Crippen LogP contribution in [0.25, 0.3) is 0 Å². The molecule has 15 heavy (non-hydrogen) atoms. The van der Waals surface area contributed by atoms with Gasteiger partial charge in [0.25, 0.3) is 5.91 Å². The zero-order valence-electron chi connectivity index (χ0n) is 8.65. The van der Waals surface area contributed by atoms with Crippen LogP contribution >= 0.6 is 12.2 Å². The first kappa shape index (κ1) is 11.6. The van der Waals surface area contributed by atoms with Gasteiger partial charge in [0, 0.05) is 18.0 Å². The Morgan fingerprint density at radius 2 is 2.00 bits per heavy atom. The molecule has 3 N–H and O–H groups in total. The van der Waals surface area contributed by atoms with Gasteiger partial charge in [-0.25, -0.2) is 0 Å². The molecule has 5 heteroatoms. The van der Waals surface area contributed by atoms with E-state index in [1.807, 2.05) is 0 Å². The Morgan fingerprint density at radius 3 is 2.47 bits per heavy atom. The van der Waals surface area contributed by atoms with Crippen LogP contribution in [-0.2, 0) is 0 Å². The van der Waals surface area contributed by atoms with E-state index < -0.39 is 5.54 Å². The van der Waals surface area contributed by atoms with Crippen LogP contribution in [-0.4, -0.2) is 21.4 Å². The third kappa shape index (κ3) is 2.99. The van der Waals surface area contributed by atoms with Crippen molar-refractivity contribution in [3.8, 4) is 0 Å². The summed E-state index contributed by atoms with van der Waals surface area (Å²) < 4.78 is 0. The van der Waals surface area contributed by atoms with Crippen molar-refractivity contribution in [2.24, 2.45) is 5.73 Å². The highest BCUT2D eigenvalue weighted by atomic mass is 32.1. The molecule has 1 amide bonds. The molecule has 1 rings (SSSR count). The second kappa shape index (κ2) is 4.35. The Hall–Kier alpha value is -1.49. The molecule has 0 bridgehead atoms. The lowest BCUT2D eigenvalue weighted by Gasteiger charge is -2.24. The number of amides is 1. The summed E-state index contributed by atoms with van der Waals surface area (Å²) in [5.74, 6) is -0.213. The van der Waals surface area contributed by atoms with Crippen molar-refractivity contribution in [1.29, 1.82) is 0 Å². The Kier molecular flexibility index (Phi) is 3.36. The molecule has 1 aromatic rings. The normalized spacial score (nSPS) is 10.8. The minimum Gasteiger partial charge on any atom is -0.391 e. The second-order valence-electron chi connectivity index (χ2n) is 3.68. The molecule has 0 aliphatic rings. The van der Waals surface area contributed by atoms with Gasteiger partial charge in [-0.15, -0.1) is 0 Å². The Bertz CT molecular complexity index is 376. The Morgan fingerprint density at radius 1 is 1.47 bits per heavy atom. The van der Waals surface area contributed by atoms with Crippen LogP contribution in [0.4, 0.5) is 0 Å². The maximum atomic E-state index is 11.7. The van der Waals surface area contributed by atoms with Crippen molar-refractivity contribution >= 4 is 23.1 Å².